The maximum atomic E-state index is 12.8. The lowest BCUT2D eigenvalue weighted by molar-refractivity contribution is -0.115. The Balaban J connectivity index is 1.59. The number of fused-ring (bicyclic) bond motifs is 1. The Labute approximate surface area is 214 Å². The maximum absolute atomic E-state index is 12.8. The smallest absolute Gasteiger partial charge is 0.253 e. The van der Waals surface area contributed by atoms with Crippen molar-refractivity contribution in [3.8, 4) is 22.4 Å². The van der Waals surface area contributed by atoms with Crippen molar-refractivity contribution in [1.29, 1.82) is 0 Å². The molecular weight excluding hydrogens is 476 g/mol. The van der Waals surface area contributed by atoms with Crippen LogP contribution in [0.3, 0.4) is 0 Å². The summed E-state index contributed by atoms with van der Waals surface area (Å²) in [5, 5.41) is 2.92. The van der Waals surface area contributed by atoms with Crippen molar-refractivity contribution < 1.29 is 9.59 Å². The molecule has 0 saturated carbocycles. The lowest BCUT2D eigenvalue weighted by Crippen LogP contribution is -2.27. The minimum atomic E-state index is -0.628. The highest BCUT2D eigenvalue weighted by molar-refractivity contribution is 6.32. The zero-order valence-electron chi connectivity index (χ0n) is 20.2. The third kappa shape index (κ3) is 4.28. The van der Waals surface area contributed by atoms with Crippen LogP contribution in [0.25, 0.3) is 33.4 Å². The fourth-order valence-corrected chi connectivity index (χ4v) is 4.78. The third-order valence-corrected chi connectivity index (χ3v) is 6.80. The normalized spacial score (nSPS) is 14.2. The molecule has 1 aliphatic rings. The Morgan fingerprint density at radius 2 is 1.64 bits per heavy atom. The number of carbonyl (C=O) groups is 2. The van der Waals surface area contributed by atoms with Crippen molar-refractivity contribution in [3.63, 3.8) is 0 Å². The Kier molecular flexibility index (Phi) is 6.36. The number of nitrogens with zero attached hydrogens (tertiary/aromatic N) is 4. The highest BCUT2D eigenvalue weighted by atomic mass is 35.5. The summed E-state index contributed by atoms with van der Waals surface area (Å²) in [6.07, 6.45) is 3.56. The molecule has 1 fully saturated rings. The number of aryl methyl sites for hydroxylation is 1. The van der Waals surface area contributed by atoms with Gasteiger partial charge in [-0.3, -0.25) is 9.59 Å². The van der Waals surface area contributed by atoms with E-state index in [1.807, 2.05) is 65.0 Å². The van der Waals surface area contributed by atoms with E-state index in [-0.39, 0.29) is 11.8 Å². The van der Waals surface area contributed by atoms with E-state index in [1.165, 1.54) is 6.33 Å². The van der Waals surface area contributed by atoms with Gasteiger partial charge in [0.1, 0.15) is 23.2 Å². The number of halogens is 1. The van der Waals surface area contributed by atoms with E-state index < -0.39 is 5.38 Å². The predicted molar refractivity (Wildman–Crippen MR) is 143 cm³/mol. The van der Waals surface area contributed by atoms with Gasteiger partial charge in [0.2, 0.25) is 5.91 Å². The number of benzene rings is 2. The number of carbonyl (C=O) groups excluding carboxylic acids is 2. The molecule has 36 heavy (non-hydrogen) atoms. The third-order valence-electron chi connectivity index (χ3n) is 6.60. The van der Waals surface area contributed by atoms with Crippen molar-refractivity contribution in [2.75, 3.05) is 24.1 Å². The van der Waals surface area contributed by atoms with Gasteiger partial charge in [-0.25, -0.2) is 9.97 Å². The fraction of sp³-hybridized carbons (Fsp3) is 0.259. The topological polar surface area (TPSA) is 106 Å². The van der Waals surface area contributed by atoms with Crippen LogP contribution in [0.2, 0.25) is 0 Å². The van der Waals surface area contributed by atoms with Gasteiger partial charge >= 0.3 is 0 Å². The molecule has 1 saturated heterocycles. The zero-order valence-corrected chi connectivity index (χ0v) is 20.9. The highest BCUT2D eigenvalue weighted by Gasteiger charge is 2.23. The van der Waals surface area contributed by atoms with E-state index in [1.54, 1.807) is 6.92 Å². The van der Waals surface area contributed by atoms with Crippen LogP contribution in [-0.2, 0) is 11.8 Å². The summed E-state index contributed by atoms with van der Waals surface area (Å²) in [7, 11) is 1.93. The van der Waals surface area contributed by atoms with Crippen LogP contribution in [0.15, 0.2) is 54.9 Å². The first kappa shape index (κ1) is 23.8. The van der Waals surface area contributed by atoms with Crippen molar-refractivity contribution in [1.82, 2.24) is 19.4 Å². The number of nitrogen functional groups attached to an aromatic ring is 1. The predicted octanol–water partition coefficient (Wildman–Crippen LogP) is 4.69. The molecule has 9 heteroatoms. The van der Waals surface area contributed by atoms with Crippen LogP contribution in [0, 0.1) is 0 Å². The van der Waals surface area contributed by atoms with Gasteiger partial charge in [-0.2, -0.15) is 0 Å². The first-order valence-corrected chi connectivity index (χ1v) is 12.3. The molecule has 4 aromatic rings. The SMILES string of the molecule is C[C@H](Cl)C(=O)Nc1ccc(-c2c(-c3ccc(C(=O)N4CCCC4)cc3)c3c(N)ncnc3n2C)cc1. The van der Waals surface area contributed by atoms with Gasteiger partial charge in [-0.05, 0) is 55.2 Å². The molecule has 0 aliphatic carbocycles. The molecule has 3 heterocycles. The summed E-state index contributed by atoms with van der Waals surface area (Å²) in [5.74, 6) is 0.180. The van der Waals surface area contributed by atoms with Gasteiger partial charge in [0, 0.05) is 37.0 Å². The summed E-state index contributed by atoms with van der Waals surface area (Å²) in [4.78, 5) is 35.4. The molecule has 2 amide bonds. The van der Waals surface area contributed by atoms with Crippen LogP contribution in [0.5, 0.6) is 0 Å². The molecule has 0 unspecified atom stereocenters. The van der Waals surface area contributed by atoms with E-state index in [9.17, 15) is 9.59 Å². The lowest BCUT2D eigenvalue weighted by Gasteiger charge is -2.15. The van der Waals surface area contributed by atoms with E-state index in [4.69, 9.17) is 17.3 Å². The number of alkyl halides is 1. The standard InChI is InChI=1S/C27H27ClN6O2/c1-16(28)26(35)32-20-11-9-18(10-12-20)23-21(22-24(29)30-15-31-25(22)33(23)2)17-5-7-19(8-6-17)27(36)34-13-3-4-14-34/h5-12,15-16H,3-4,13-14H2,1-2H3,(H,32,35)(H2,29,30,31)/t16-/m0/s1. The minimum absolute atomic E-state index is 0.0592. The number of amides is 2. The first-order chi connectivity index (χ1) is 17.3. The minimum Gasteiger partial charge on any atom is -0.383 e. The molecule has 8 nitrogen and oxygen atoms in total. The van der Waals surface area contributed by atoms with E-state index >= 15 is 0 Å². The van der Waals surface area contributed by atoms with Crippen LogP contribution >= 0.6 is 11.6 Å². The quantitative estimate of drug-likeness (QED) is 0.385. The fourth-order valence-electron chi connectivity index (χ4n) is 4.73. The van der Waals surface area contributed by atoms with Crippen LogP contribution in [0.4, 0.5) is 11.5 Å². The number of hydrogen-bond donors (Lipinski definition) is 2. The van der Waals surface area contributed by atoms with Crippen molar-refractivity contribution in [2.24, 2.45) is 7.05 Å². The Morgan fingerprint density at radius 1 is 1.00 bits per heavy atom. The molecule has 5 rings (SSSR count). The molecule has 0 spiro atoms. The van der Waals surface area contributed by atoms with Gasteiger partial charge in [0.25, 0.3) is 5.91 Å². The molecule has 0 radical (unpaired) electrons. The number of nitrogens with one attached hydrogen (secondary N) is 1. The molecule has 0 bridgehead atoms. The second-order valence-electron chi connectivity index (χ2n) is 9.00. The van der Waals surface area contributed by atoms with Gasteiger partial charge in [-0.1, -0.05) is 24.3 Å². The summed E-state index contributed by atoms with van der Waals surface area (Å²) in [6.45, 7) is 3.24. The van der Waals surface area contributed by atoms with Crippen molar-refractivity contribution >= 4 is 46.0 Å². The largest absolute Gasteiger partial charge is 0.383 e. The molecule has 184 valence electrons. The van der Waals surface area contributed by atoms with E-state index in [0.717, 1.165) is 53.7 Å². The number of likely N-dealkylation sites (tertiary alicyclic amines) is 1. The van der Waals surface area contributed by atoms with Gasteiger partial charge in [0.05, 0.1) is 11.1 Å². The summed E-state index contributed by atoms with van der Waals surface area (Å²) in [5.41, 5.74) is 12.0. The van der Waals surface area contributed by atoms with Gasteiger partial charge in [0.15, 0.2) is 0 Å². The molecule has 1 atom stereocenters. The number of rotatable bonds is 5. The summed E-state index contributed by atoms with van der Waals surface area (Å²) < 4.78 is 1.99. The molecule has 3 N–H and O–H groups in total. The van der Waals surface area contributed by atoms with Crippen LogP contribution in [0.1, 0.15) is 30.1 Å². The summed E-state index contributed by atoms with van der Waals surface area (Å²) in [6, 6.07) is 15.2. The Hall–Kier alpha value is -3.91. The molecule has 1 aliphatic heterocycles. The van der Waals surface area contributed by atoms with E-state index in [0.29, 0.717) is 22.7 Å². The monoisotopic (exact) mass is 502 g/mol. The number of aromatic nitrogens is 3. The molecule has 2 aromatic carbocycles. The van der Waals surface area contributed by atoms with Gasteiger partial charge in [-0.15, -0.1) is 11.6 Å². The van der Waals surface area contributed by atoms with E-state index in [2.05, 4.69) is 15.3 Å². The average molecular weight is 503 g/mol. The maximum Gasteiger partial charge on any atom is 0.253 e. The molecular formula is C27H27ClN6O2. The van der Waals surface area contributed by atoms with Crippen LogP contribution in [-0.4, -0.2) is 49.7 Å². The lowest BCUT2D eigenvalue weighted by atomic mass is 9.97. The Bertz CT molecular complexity index is 1440. The van der Waals surface area contributed by atoms with Crippen molar-refractivity contribution in [2.45, 2.75) is 25.1 Å². The van der Waals surface area contributed by atoms with Crippen LogP contribution < -0.4 is 11.1 Å². The number of hydrogen-bond acceptors (Lipinski definition) is 5. The Morgan fingerprint density at radius 3 is 2.28 bits per heavy atom. The zero-order chi connectivity index (χ0) is 25.4. The average Bonchev–Trinajstić information content (AvgIpc) is 3.52. The molecule has 2 aromatic heterocycles. The van der Waals surface area contributed by atoms with Crippen molar-refractivity contribution in [3.05, 3.63) is 60.4 Å². The number of anilines is 2. The summed E-state index contributed by atoms with van der Waals surface area (Å²) >= 11 is 5.88. The highest BCUT2D eigenvalue weighted by Crippen LogP contribution is 2.41. The second-order valence-corrected chi connectivity index (χ2v) is 9.65. The second kappa shape index (κ2) is 9.62. The number of nitrogens with two attached hydrogens (primary N) is 1. The first-order valence-electron chi connectivity index (χ1n) is 11.9. The van der Waals surface area contributed by atoms with Gasteiger partial charge < -0.3 is 20.5 Å².